The van der Waals surface area contributed by atoms with Gasteiger partial charge in [-0.3, -0.25) is 4.98 Å². The van der Waals surface area contributed by atoms with E-state index in [1.165, 1.54) is 6.07 Å². The number of aromatic nitrogens is 1. The largest absolute Gasteiger partial charge is 0.416 e. The molecule has 29 heavy (non-hydrogen) atoms. The van der Waals surface area contributed by atoms with Crippen molar-refractivity contribution in [3.63, 3.8) is 0 Å². The molecule has 0 amide bonds. The zero-order valence-corrected chi connectivity index (χ0v) is 22.6. The van der Waals surface area contributed by atoms with Crippen molar-refractivity contribution < 1.29 is 13.0 Å². The van der Waals surface area contributed by atoms with Crippen LogP contribution in [0.25, 0.3) is 0 Å². The molecule has 1 saturated carbocycles. The molecule has 1 aliphatic carbocycles. The number of hydrogen-bond donors (Lipinski definition) is 1. The van der Waals surface area contributed by atoms with Gasteiger partial charge in [0, 0.05) is 17.3 Å². The van der Waals surface area contributed by atoms with Crippen LogP contribution in [0.4, 0.5) is 4.39 Å². The van der Waals surface area contributed by atoms with Crippen LogP contribution in [-0.4, -0.2) is 28.9 Å². The average Bonchev–Trinajstić information content (AvgIpc) is 2.49. The Hall–Kier alpha value is -0.153. The van der Waals surface area contributed by atoms with Gasteiger partial charge in [0.15, 0.2) is 8.32 Å². The van der Waals surface area contributed by atoms with E-state index in [0.717, 1.165) is 0 Å². The van der Waals surface area contributed by atoms with Gasteiger partial charge in [-0.15, -0.1) is 0 Å². The quantitative estimate of drug-likeness (QED) is 0.477. The Balaban J connectivity index is 2.28. The highest BCUT2D eigenvalue weighted by Crippen LogP contribution is 2.55. The molecule has 0 saturated heterocycles. The zero-order valence-electron chi connectivity index (χ0n) is 19.2. The topological polar surface area (TPSA) is 51.2 Å². The number of nitrogens with one attached hydrogen (secondary N) is 1. The highest BCUT2D eigenvalue weighted by Gasteiger charge is 2.57. The second-order valence-corrected chi connectivity index (χ2v) is 19.0. The van der Waals surface area contributed by atoms with Crippen LogP contribution in [0.3, 0.4) is 0 Å². The molecule has 0 radical (unpaired) electrons. The number of nitrogens with zero attached hydrogens (tertiary/aromatic N) is 1. The van der Waals surface area contributed by atoms with Crippen LogP contribution in [0.2, 0.25) is 18.1 Å². The molecule has 8 heteroatoms. The van der Waals surface area contributed by atoms with Gasteiger partial charge in [-0.2, -0.15) is 0 Å². The van der Waals surface area contributed by atoms with Crippen LogP contribution in [0.5, 0.6) is 0 Å². The predicted octanol–water partition coefficient (Wildman–Crippen LogP) is 6.05. The molecule has 1 atom stereocenters. The Labute approximate surface area is 187 Å². The second kappa shape index (κ2) is 8.08. The van der Waals surface area contributed by atoms with Gasteiger partial charge in [0.1, 0.15) is 5.82 Å². The van der Waals surface area contributed by atoms with E-state index >= 15 is 0 Å². The number of pyridine rings is 1. The van der Waals surface area contributed by atoms with Crippen LogP contribution < -0.4 is 4.72 Å². The Morgan fingerprint density at radius 2 is 1.83 bits per heavy atom. The first-order valence-corrected chi connectivity index (χ1v) is 14.9. The van der Waals surface area contributed by atoms with E-state index < -0.39 is 29.6 Å². The molecule has 0 bridgehead atoms. The lowest BCUT2D eigenvalue weighted by atomic mass is 9.57. The Morgan fingerprint density at radius 1 is 1.28 bits per heavy atom. The van der Waals surface area contributed by atoms with Crippen molar-refractivity contribution in [2.24, 2.45) is 5.41 Å². The first kappa shape index (κ1) is 25.1. The number of rotatable bonds is 6. The van der Waals surface area contributed by atoms with Crippen LogP contribution in [0.15, 0.2) is 16.7 Å². The van der Waals surface area contributed by atoms with Gasteiger partial charge in [0.25, 0.3) is 0 Å². The molecule has 1 aromatic heterocycles. The molecule has 4 nitrogen and oxygen atoms in total. The van der Waals surface area contributed by atoms with E-state index in [4.69, 9.17) is 4.43 Å². The summed E-state index contributed by atoms with van der Waals surface area (Å²) >= 11 is 3.27. The van der Waals surface area contributed by atoms with Crippen molar-refractivity contribution in [2.75, 3.05) is 6.61 Å². The van der Waals surface area contributed by atoms with Gasteiger partial charge >= 0.3 is 0 Å². The third kappa shape index (κ3) is 5.56. The fourth-order valence-electron chi connectivity index (χ4n) is 3.46. The fourth-order valence-corrected chi connectivity index (χ4v) is 5.81. The molecule has 1 aromatic rings. The molecule has 1 heterocycles. The highest BCUT2D eigenvalue weighted by molar-refractivity contribution is 9.10. The maximum absolute atomic E-state index is 14.8. The van der Waals surface area contributed by atoms with Crippen LogP contribution in [0.1, 0.15) is 67.0 Å². The maximum atomic E-state index is 14.8. The first-order valence-electron chi connectivity index (χ1n) is 10.1. The van der Waals surface area contributed by atoms with Crippen LogP contribution >= 0.6 is 15.9 Å². The molecular weight excluding hydrogens is 471 g/mol. The summed E-state index contributed by atoms with van der Waals surface area (Å²) in [5, 5.41) is 0.134. The minimum Gasteiger partial charge on any atom is -0.416 e. The summed E-state index contributed by atoms with van der Waals surface area (Å²) in [7, 11) is -3.22. The van der Waals surface area contributed by atoms with E-state index in [0.29, 0.717) is 29.6 Å². The summed E-state index contributed by atoms with van der Waals surface area (Å²) in [4.78, 5) is 4.37. The summed E-state index contributed by atoms with van der Waals surface area (Å²) < 4.78 is 37.6. The monoisotopic (exact) mass is 506 g/mol. The molecule has 1 fully saturated rings. The third-order valence-corrected chi connectivity index (χ3v) is 12.8. The lowest BCUT2D eigenvalue weighted by Gasteiger charge is -2.55. The van der Waals surface area contributed by atoms with Crippen molar-refractivity contribution in [1.29, 1.82) is 0 Å². The average molecular weight is 508 g/mol. The number of halogens is 2. The van der Waals surface area contributed by atoms with Gasteiger partial charge in [-0.05, 0) is 79.2 Å². The third-order valence-electron chi connectivity index (χ3n) is 6.15. The van der Waals surface area contributed by atoms with Gasteiger partial charge < -0.3 is 4.43 Å². The molecule has 1 N–H and O–H groups in total. The SMILES string of the molecule is CC1(CO[Si](C)(C)C(C)(C)C)CC(N[S@@](=O)C(C)(C)C)(c2ncc(Br)cc2F)C1. The van der Waals surface area contributed by atoms with Crippen LogP contribution in [-0.2, 0) is 21.0 Å². The predicted molar refractivity (Wildman–Crippen MR) is 125 cm³/mol. The summed E-state index contributed by atoms with van der Waals surface area (Å²) in [5.41, 5.74) is -0.539. The molecule has 0 spiro atoms. The van der Waals surface area contributed by atoms with Crippen molar-refractivity contribution in [1.82, 2.24) is 9.71 Å². The van der Waals surface area contributed by atoms with Gasteiger partial charge in [-0.1, -0.05) is 27.7 Å². The fraction of sp³-hybridized carbons (Fsp3) is 0.762. The van der Waals surface area contributed by atoms with Gasteiger partial charge in [0.2, 0.25) is 0 Å². The molecule has 2 rings (SSSR count). The van der Waals surface area contributed by atoms with Crippen molar-refractivity contribution in [3.05, 3.63) is 28.2 Å². The summed E-state index contributed by atoms with van der Waals surface area (Å²) in [6.07, 6.45) is 2.85. The van der Waals surface area contributed by atoms with Crippen molar-refractivity contribution in [3.8, 4) is 0 Å². The standard InChI is InChI=1S/C21H36BrFN2O2SSi/c1-18(2,3)28(26)25-21(17-16(23)10-15(22)11-24-17)12-20(7,13-21)14-27-29(8,9)19(4,5)6/h10-11,25H,12-14H2,1-9H3/t20?,21?,28-/m0/s1. The van der Waals surface area contributed by atoms with Gasteiger partial charge in [0.05, 0.1) is 27.0 Å². The molecule has 1 aliphatic rings. The van der Waals surface area contributed by atoms with E-state index in [2.05, 4.69) is 66.4 Å². The zero-order chi connectivity index (χ0) is 22.5. The first-order chi connectivity index (χ1) is 12.9. The van der Waals surface area contributed by atoms with Crippen LogP contribution in [0, 0.1) is 11.2 Å². The van der Waals surface area contributed by atoms with E-state index in [1.54, 1.807) is 6.20 Å². The van der Waals surface area contributed by atoms with E-state index in [9.17, 15) is 8.60 Å². The Kier molecular flexibility index (Phi) is 6.99. The van der Waals surface area contributed by atoms with Gasteiger partial charge in [-0.25, -0.2) is 13.3 Å². The molecule has 0 aromatic carbocycles. The molecule has 166 valence electrons. The molecule has 0 aliphatic heterocycles. The normalized spacial score (nSPS) is 26.9. The summed E-state index contributed by atoms with van der Waals surface area (Å²) in [6, 6.07) is 1.42. The molecular formula is C21H36BrFN2O2SSi. The van der Waals surface area contributed by atoms with Crippen molar-refractivity contribution >= 4 is 35.2 Å². The highest BCUT2D eigenvalue weighted by atomic mass is 79.9. The Morgan fingerprint density at radius 3 is 2.28 bits per heavy atom. The number of hydrogen-bond acceptors (Lipinski definition) is 3. The lowest BCUT2D eigenvalue weighted by molar-refractivity contribution is -0.0186. The Bertz CT molecular complexity index is 784. The van der Waals surface area contributed by atoms with Crippen molar-refractivity contribution in [2.45, 2.75) is 89.7 Å². The molecule has 0 unspecified atom stereocenters. The minimum atomic E-state index is -1.88. The summed E-state index contributed by atoms with van der Waals surface area (Å²) in [6.45, 7) is 19.7. The van der Waals surface area contributed by atoms with E-state index in [-0.39, 0.29) is 16.3 Å². The van der Waals surface area contributed by atoms with E-state index in [1.807, 2.05) is 20.8 Å². The summed E-state index contributed by atoms with van der Waals surface area (Å²) in [5.74, 6) is -0.384. The minimum absolute atomic E-state index is 0.119. The maximum Gasteiger partial charge on any atom is 0.192 e. The lowest BCUT2D eigenvalue weighted by Crippen LogP contribution is -2.62. The second-order valence-electron chi connectivity index (χ2n) is 11.3. The smallest absolute Gasteiger partial charge is 0.192 e.